The molecule has 1 aromatic rings. The second-order valence-electron chi connectivity index (χ2n) is 5.83. The molecule has 1 aromatic heterocycles. The second-order valence-corrected chi connectivity index (χ2v) is 5.83. The lowest BCUT2D eigenvalue weighted by molar-refractivity contribution is -0.137. The number of likely N-dealkylation sites (tertiary alicyclic amines) is 1. The zero-order valence-corrected chi connectivity index (χ0v) is 13.3. The van der Waals surface area contributed by atoms with Gasteiger partial charge in [0, 0.05) is 25.2 Å². The molecule has 0 radical (unpaired) electrons. The minimum absolute atomic E-state index is 0.0415. The maximum Gasteiger partial charge on any atom is 0.237 e. The minimum Gasteiger partial charge on any atom is -0.480 e. The molecule has 0 unspecified atom stereocenters. The number of aromatic nitrogens is 1. The Labute approximate surface area is 130 Å². The summed E-state index contributed by atoms with van der Waals surface area (Å²) in [5.74, 6) is 0.173. The Hall–Kier alpha value is -2.11. The fourth-order valence-electron chi connectivity index (χ4n) is 2.64. The Bertz CT molecular complexity index is 545. The number of piperidine rings is 1. The van der Waals surface area contributed by atoms with Gasteiger partial charge in [0.2, 0.25) is 17.7 Å². The first-order valence-electron chi connectivity index (χ1n) is 7.61. The Morgan fingerprint density at radius 2 is 2.23 bits per heavy atom. The van der Waals surface area contributed by atoms with E-state index in [0.29, 0.717) is 18.1 Å². The predicted octanol–water partition coefficient (Wildman–Crippen LogP) is 1.92. The number of pyridine rings is 1. The van der Waals surface area contributed by atoms with E-state index in [2.05, 4.69) is 10.3 Å². The number of carbonyl (C=O) groups excluding carboxylic acids is 2. The van der Waals surface area contributed by atoms with Crippen LogP contribution in [0.5, 0.6) is 5.88 Å². The van der Waals surface area contributed by atoms with Gasteiger partial charge in [0.25, 0.3) is 0 Å². The highest BCUT2D eigenvalue weighted by atomic mass is 16.5. The molecule has 1 aliphatic heterocycles. The molecular weight excluding hydrogens is 282 g/mol. The average Bonchev–Trinajstić information content (AvgIpc) is 2.54. The monoisotopic (exact) mass is 305 g/mol. The summed E-state index contributed by atoms with van der Waals surface area (Å²) in [4.78, 5) is 30.4. The summed E-state index contributed by atoms with van der Waals surface area (Å²) in [5, 5.41) is 2.86. The van der Waals surface area contributed by atoms with Crippen molar-refractivity contribution >= 4 is 17.5 Å². The molecule has 2 amide bonds. The third-order valence-electron chi connectivity index (χ3n) is 3.82. The van der Waals surface area contributed by atoms with Crippen LogP contribution in [0.15, 0.2) is 18.3 Å². The number of carbonyl (C=O) groups is 2. The van der Waals surface area contributed by atoms with Gasteiger partial charge in [-0.05, 0) is 25.0 Å². The van der Waals surface area contributed by atoms with Crippen LogP contribution in [0.4, 0.5) is 5.69 Å². The van der Waals surface area contributed by atoms with Crippen molar-refractivity contribution in [1.29, 1.82) is 0 Å². The molecule has 6 heteroatoms. The van der Waals surface area contributed by atoms with E-state index in [0.717, 1.165) is 19.4 Å². The topological polar surface area (TPSA) is 71.5 Å². The van der Waals surface area contributed by atoms with Crippen LogP contribution in [0.2, 0.25) is 0 Å². The van der Waals surface area contributed by atoms with E-state index in [9.17, 15) is 9.59 Å². The molecule has 1 fully saturated rings. The molecule has 6 nitrogen and oxygen atoms in total. The van der Waals surface area contributed by atoms with Gasteiger partial charge in [-0.15, -0.1) is 0 Å². The maximum atomic E-state index is 12.4. The Morgan fingerprint density at radius 3 is 2.91 bits per heavy atom. The summed E-state index contributed by atoms with van der Waals surface area (Å²) in [6.07, 6.45) is 3.25. The highest BCUT2D eigenvalue weighted by Crippen LogP contribution is 2.24. The molecule has 22 heavy (non-hydrogen) atoms. The van der Waals surface area contributed by atoms with Crippen LogP contribution in [0.3, 0.4) is 0 Å². The Kier molecular flexibility index (Phi) is 5.35. The highest BCUT2D eigenvalue weighted by molar-refractivity contribution is 5.94. The van der Waals surface area contributed by atoms with Crippen LogP contribution in [-0.4, -0.2) is 41.9 Å². The average molecular weight is 305 g/mol. The summed E-state index contributed by atoms with van der Waals surface area (Å²) < 4.78 is 5.13. The van der Waals surface area contributed by atoms with E-state index < -0.39 is 0 Å². The van der Waals surface area contributed by atoms with Crippen LogP contribution < -0.4 is 10.1 Å². The zero-order valence-electron chi connectivity index (χ0n) is 13.3. The quantitative estimate of drug-likeness (QED) is 0.922. The van der Waals surface area contributed by atoms with Gasteiger partial charge >= 0.3 is 0 Å². The van der Waals surface area contributed by atoms with E-state index in [4.69, 9.17) is 4.74 Å². The van der Waals surface area contributed by atoms with Crippen LogP contribution in [-0.2, 0) is 9.59 Å². The van der Waals surface area contributed by atoms with Crippen molar-refractivity contribution in [2.24, 2.45) is 11.8 Å². The zero-order chi connectivity index (χ0) is 16.1. The molecule has 1 N–H and O–H groups in total. The number of rotatable bonds is 4. The van der Waals surface area contributed by atoms with Gasteiger partial charge in [-0.1, -0.05) is 13.8 Å². The molecule has 2 rings (SSSR count). The van der Waals surface area contributed by atoms with Gasteiger partial charge in [0.05, 0.1) is 13.0 Å². The van der Waals surface area contributed by atoms with Gasteiger partial charge in [0.15, 0.2) is 0 Å². The number of hydrogen-bond donors (Lipinski definition) is 1. The molecular formula is C16H23N3O3. The first-order chi connectivity index (χ1) is 10.5. The maximum absolute atomic E-state index is 12.4. The normalized spacial score (nSPS) is 18.2. The molecule has 0 bridgehead atoms. The molecule has 0 aromatic carbocycles. The van der Waals surface area contributed by atoms with Crippen LogP contribution >= 0.6 is 0 Å². The van der Waals surface area contributed by atoms with Gasteiger partial charge in [-0.2, -0.15) is 0 Å². The number of nitrogens with one attached hydrogen (secondary N) is 1. The van der Waals surface area contributed by atoms with Crippen molar-refractivity contribution in [3.8, 4) is 5.88 Å². The number of anilines is 1. The number of ether oxygens (including phenoxy) is 1. The lowest BCUT2D eigenvalue weighted by Crippen LogP contribution is -2.45. The molecule has 0 aliphatic carbocycles. The highest BCUT2D eigenvalue weighted by Gasteiger charge is 2.29. The molecule has 0 spiro atoms. The van der Waals surface area contributed by atoms with E-state index >= 15 is 0 Å². The van der Waals surface area contributed by atoms with Crippen LogP contribution in [0.1, 0.15) is 26.7 Å². The largest absolute Gasteiger partial charge is 0.480 e. The smallest absolute Gasteiger partial charge is 0.237 e. The Balaban J connectivity index is 2.01. The second kappa shape index (κ2) is 7.24. The summed E-state index contributed by atoms with van der Waals surface area (Å²) >= 11 is 0. The summed E-state index contributed by atoms with van der Waals surface area (Å²) in [6.45, 7) is 4.97. The molecule has 2 heterocycles. The molecule has 1 saturated heterocycles. The fraction of sp³-hybridized carbons (Fsp3) is 0.562. The predicted molar refractivity (Wildman–Crippen MR) is 83.6 cm³/mol. The van der Waals surface area contributed by atoms with Crippen LogP contribution in [0.25, 0.3) is 0 Å². The third-order valence-corrected chi connectivity index (χ3v) is 3.82. The molecule has 1 aliphatic rings. The lowest BCUT2D eigenvalue weighted by Gasteiger charge is -2.33. The van der Waals surface area contributed by atoms with Crippen molar-refractivity contribution in [2.45, 2.75) is 26.7 Å². The lowest BCUT2D eigenvalue weighted by atomic mass is 9.96. The minimum atomic E-state index is -0.193. The van der Waals surface area contributed by atoms with Crippen molar-refractivity contribution in [3.05, 3.63) is 18.3 Å². The number of nitrogens with zero attached hydrogens (tertiary/aromatic N) is 2. The van der Waals surface area contributed by atoms with Gasteiger partial charge < -0.3 is 15.0 Å². The van der Waals surface area contributed by atoms with Crippen LogP contribution in [0, 0.1) is 11.8 Å². The van der Waals surface area contributed by atoms with E-state index in [1.807, 2.05) is 13.8 Å². The number of hydrogen-bond acceptors (Lipinski definition) is 4. The van der Waals surface area contributed by atoms with E-state index in [-0.39, 0.29) is 23.7 Å². The van der Waals surface area contributed by atoms with Gasteiger partial charge in [-0.3, -0.25) is 9.59 Å². The third kappa shape index (κ3) is 3.75. The Morgan fingerprint density at radius 1 is 1.45 bits per heavy atom. The molecule has 1 atom stereocenters. The van der Waals surface area contributed by atoms with Crippen molar-refractivity contribution in [1.82, 2.24) is 9.88 Å². The molecule has 0 saturated carbocycles. The summed E-state index contributed by atoms with van der Waals surface area (Å²) in [7, 11) is 1.52. The molecule has 120 valence electrons. The SMILES string of the molecule is COc1ncccc1NC(=O)[C@H]1CCCN(C(=O)C(C)C)C1. The summed E-state index contributed by atoms with van der Waals surface area (Å²) in [6, 6.07) is 3.50. The van der Waals surface area contributed by atoms with Gasteiger partial charge in [0.1, 0.15) is 5.69 Å². The standard InChI is InChI=1S/C16H23N3O3/c1-11(2)16(21)19-9-5-6-12(10-19)14(20)18-13-7-4-8-17-15(13)22-3/h4,7-8,11-12H,5-6,9-10H2,1-3H3,(H,18,20)/t12-/m0/s1. The van der Waals surface area contributed by atoms with E-state index in [1.165, 1.54) is 7.11 Å². The first-order valence-corrected chi connectivity index (χ1v) is 7.61. The number of methoxy groups -OCH3 is 1. The number of amides is 2. The van der Waals surface area contributed by atoms with Gasteiger partial charge in [-0.25, -0.2) is 4.98 Å². The fourth-order valence-corrected chi connectivity index (χ4v) is 2.64. The van der Waals surface area contributed by atoms with E-state index in [1.54, 1.807) is 23.2 Å². The van der Waals surface area contributed by atoms with Crippen molar-refractivity contribution in [3.63, 3.8) is 0 Å². The first kappa shape index (κ1) is 16.3. The summed E-state index contributed by atoms with van der Waals surface area (Å²) in [5.41, 5.74) is 0.558. The van der Waals surface area contributed by atoms with Crippen molar-refractivity contribution < 1.29 is 14.3 Å². The van der Waals surface area contributed by atoms with Crippen molar-refractivity contribution in [2.75, 3.05) is 25.5 Å².